The zero-order valence-electron chi connectivity index (χ0n) is 8.91. The highest BCUT2D eigenvalue weighted by Gasteiger charge is 2.11. The molecule has 0 heterocycles. The number of ketones is 1. The first kappa shape index (κ1) is 11.5. The minimum Gasteiger partial charge on any atom is -0.504 e. The second-order valence-corrected chi connectivity index (χ2v) is 3.31. The van der Waals surface area contributed by atoms with E-state index in [9.17, 15) is 9.90 Å². The van der Waals surface area contributed by atoms with Crippen molar-refractivity contribution in [3.63, 3.8) is 0 Å². The number of methoxy groups -OCH3 is 1. The van der Waals surface area contributed by atoms with Crippen LogP contribution in [0.1, 0.15) is 22.3 Å². The van der Waals surface area contributed by atoms with E-state index in [2.05, 4.69) is 0 Å². The summed E-state index contributed by atoms with van der Waals surface area (Å²) in [4.78, 5) is 11.6. The van der Waals surface area contributed by atoms with E-state index in [-0.39, 0.29) is 11.5 Å². The third-order valence-corrected chi connectivity index (χ3v) is 2.18. The van der Waals surface area contributed by atoms with Crippen LogP contribution >= 0.6 is 0 Å². The van der Waals surface area contributed by atoms with Crippen LogP contribution in [0.25, 0.3) is 0 Å². The van der Waals surface area contributed by atoms with Crippen molar-refractivity contribution in [3.05, 3.63) is 23.3 Å². The fraction of sp³-hybridized carbons (Fsp3) is 0.364. The molecule has 15 heavy (non-hydrogen) atoms. The average Bonchev–Trinajstić information content (AvgIpc) is 2.22. The van der Waals surface area contributed by atoms with Gasteiger partial charge in [0.25, 0.3) is 0 Å². The number of nitrogens with two attached hydrogens (primary N) is 1. The van der Waals surface area contributed by atoms with Gasteiger partial charge in [0.15, 0.2) is 17.3 Å². The van der Waals surface area contributed by atoms with Crippen LogP contribution in [-0.4, -0.2) is 24.5 Å². The Hall–Kier alpha value is -1.55. The van der Waals surface area contributed by atoms with Crippen LogP contribution < -0.4 is 10.5 Å². The number of phenolic OH excluding ortho intramolecular Hbond substituents is 1. The molecular weight excluding hydrogens is 194 g/mol. The van der Waals surface area contributed by atoms with Gasteiger partial charge in [0, 0.05) is 12.0 Å². The van der Waals surface area contributed by atoms with E-state index in [1.54, 1.807) is 13.0 Å². The first-order valence-corrected chi connectivity index (χ1v) is 4.71. The SMILES string of the molecule is COc1cc(C(=O)CCN)cc(C)c1O. The van der Waals surface area contributed by atoms with E-state index in [1.807, 2.05) is 0 Å². The second kappa shape index (κ2) is 4.79. The van der Waals surface area contributed by atoms with E-state index in [0.29, 0.717) is 29.8 Å². The Bertz CT molecular complexity index is 374. The van der Waals surface area contributed by atoms with Crippen molar-refractivity contribution < 1.29 is 14.6 Å². The van der Waals surface area contributed by atoms with Gasteiger partial charge in [-0.3, -0.25) is 4.79 Å². The van der Waals surface area contributed by atoms with Crippen molar-refractivity contribution >= 4 is 5.78 Å². The summed E-state index contributed by atoms with van der Waals surface area (Å²) in [5, 5.41) is 9.57. The lowest BCUT2D eigenvalue weighted by Gasteiger charge is -2.08. The Morgan fingerprint density at radius 1 is 1.53 bits per heavy atom. The summed E-state index contributed by atoms with van der Waals surface area (Å²) in [6.45, 7) is 2.04. The quantitative estimate of drug-likeness (QED) is 0.732. The maximum atomic E-state index is 11.6. The standard InChI is InChI=1S/C11H15NO3/c1-7-5-8(9(13)3-4-12)6-10(15-2)11(7)14/h5-6,14H,3-4,12H2,1-2H3. The number of hydrogen-bond donors (Lipinski definition) is 2. The molecule has 0 aliphatic heterocycles. The molecule has 0 aliphatic carbocycles. The lowest BCUT2D eigenvalue weighted by atomic mass is 10.0. The Morgan fingerprint density at radius 2 is 2.20 bits per heavy atom. The lowest BCUT2D eigenvalue weighted by molar-refractivity contribution is 0.0985. The van der Waals surface area contributed by atoms with Gasteiger partial charge < -0.3 is 15.6 Å². The molecule has 1 aromatic carbocycles. The normalized spacial score (nSPS) is 10.1. The molecule has 4 nitrogen and oxygen atoms in total. The maximum Gasteiger partial charge on any atom is 0.164 e. The number of aryl methyl sites for hydroxylation is 1. The maximum absolute atomic E-state index is 11.6. The summed E-state index contributed by atoms with van der Waals surface area (Å²) >= 11 is 0. The molecular formula is C11H15NO3. The molecule has 3 N–H and O–H groups in total. The highest BCUT2D eigenvalue weighted by molar-refractivity contribution is 5.97. The Kier molecular flexibility index (Phi) is 3.68. The number of Topliss-reactive ketones (excluding diaryl/α,β-unsaturated/α-hetero) is 1. The van der Waals surface area contributed by atoms with Crippen LogP contribution in [0.2, 0.25) is 0 Å². The van der Waals surface area contributed by atoms with Gasteiger partial charge in [0.2, 0.25) is 0 Å². The third-order valence-electron chi connectivity index (χ3n) is 2.18. The van der Waals surface area contributed by atoms with Crippen molar-refractivity contribution in [1.29, 1.82) is 0 Å². The minimum atomic E-state index is -0.0427. The van der Waals surface area contributed by atoms with Crippen molar-refractivity contribution in [2.24, 2.45) is 5.73 Å². The number of benzene rings is 1. The summed E-state index contributed by atoms with van der Waals surface area (Å²) in [5.74, 6) is 0.344. The largest absolute Gasteiger partial charge is 0.504 e. The van der Waals surface area contributed by atoms with Crippen molar-refractivity contribution in [1.82, 2.24) is 0 Å². The summed E-state index contributed by atoms with van der Waals surface area (Å²) in [5.41, 5.74) is 6.44. The van der Waals surface area contributed by atoms with Crippen LogP contribution in [0.3, 0.4) is 0 Å². The van der Waals surface area contributed by atoms with Crippen LogP contribution in [0.4, 0.5) is 0 Å². The molecule has 4 heteroatoms. The van der Waals surface area contributed by atoms with Gasteiger partial charge in [-0.05, 0) is 31.2 Å². The fourth-order valence-corrected chi connectivity index (χ4v) is 1.34. The van der Waals surface area contributed by atoms with Gasteiger partial charge >= 0.3 is 0 Å². The molecule has 0 saturated heterocycles. The van der Waals surface area contributed by atoms with Gasteiger partial charge in [-0.1, -0.05) is 0 Å². The zero-order valence-corrected chi connectivity index (χ0v) is 8.91. The molecule has 0 bridgehead atoms. The van der Waals surface area contributed by atoms with E-state index < -0.39 is 0 Å². The molecule has 0 unspecified atom stereocenters. The Morgan fingerprint density at radius 3 is 2.73 bits per heavy atom. The van der Waals surface area contributed by atoms with Crippen LogP contribution in [-0.2, 0) is 0 Å². The fourth-order valence-electron chi connectivity index (χ4n) is 1.34. The van der Waals surface area contributed by atoms with Crippen molar-refractivity contribution in [2.45, 2.75) is 13.3 Å². The molecule has 0 spiro atoms. The molecule has 0 atom stereocenters. The smallest absolute Gasteiger partial charge is 0.164 e. The Balaban J connectivity index is 3.10. The number of carbonyl (C=O) groups is 1. The summed E-state index contributed by atoms with van der Waals surface area (Å²) in [7, 11) is 1.45. The molecule has 0 saturated carbocycles. The molecule has 0 radical (unpaired) electrons. The van der Waals surface area contributed by atoms with E-state index in [0.717, 1.165) is 0 Å². The summed E-state index contributed by atoms with van der Waals surface area (Å²) in [6.07, 6.45) is 0.299. The van der Waals surface area contributed by atoms with Gasteiger partial charge in [-0.15, -0.1) is 0 Å². The molecule has 1 aromatic rings. The van der Waals surface area contributed by atoms with Crippen molar-refractivity contribution in [3.8, 4) is 11.5 Å². The van der Waals surface area contributed by atoms with E-state index in [4.69, 9.17) is 10.5 Å². The van der Waals surface area contributed by atoms with Gasteiger partial charge in [-0.25, -0.2) is 0 Å². The first-order valence-electron chi connectivity index (χ1n) is 4.71. The van der Waals surface area contributed by atoms with Crippen molar-refractivity contribution in [2.75, 3.05) is 13.7 Å². The molecule has 1 rings (SSSR count). The minimum absolute atomic E-state index is 0.0427. The topological polar surface area (TPSA) is 72.5 Å². The summed E-state index contributed by atoms with van der Waals surface area (Å²) < 4.78 is 4.96. The van der Waals surface area contributed by atoms with Gasteiger partial charge in [-0.2, -0.15) is 0 Å². The predicted molar refractivity (Wildman–Crippen MR) is 57.4 cm³/mol. The number of carbonyl (C=O) groups excluding carboxylic acids is 1. The van der Waals surface area contributed by atoms with Crippen LogP contribution in [0.15, 0.2) is 12.1 Å². The molecule has 0 fully saturated rings. The molecule has 0 aliphatic rings. The molecule has 0 aromatic heterocycles. The summed E-state index contributed by atoms with van der Waals surface area (Å²) in [6, 6.07) is 3.16. The zero-order chi connectivity index (χ0) is 11.4. The average molecular weight is 209 g/mol. The molecule has 0 amide bonds. The second-order valence-electron chi connectivity index (χ2n) is 3.31. The predicted octanol–water partition coefficient (Wildman–Crippen LogP) is 1.24. The lowest BCUT2D eigenvalue weighted by Crippen LogP contribution is -2.08. The monoisotopic (exact) mass is 209 g/mol. The van der Waals surface area contributed by atoms with Crippen LogP contribution in [0.5, 0.6) is 11.5 Å². The highest BCUT2D eigenvalue weighted by Crippen LogP contribution is 2.31. The van der Waals surface area contributed by atoms with E-state index in [1.165, 1.54) is 13.2 Å². The van der Waals surface area contributed by atoms with E-state index >= 15 is 0 Å². The third kappa shape index (κ3) is 2.47. The highest BCUT2D eigenvalue weighted by atomic mass is 16.5. The number of ether oxygens (including phenoxy) is 1. The number of phenols is 1. The van der Waals surface area contributed by atoms with Gasteiger partial charge in [0.05, 0.1) is 7.11 Å². The Labute approximate surface area is 88.7 Å². The van der Waals surface area contributed by atoms with Crippen LogP contribution in [0, 0.1) is 6.92 Å². The number of aromatic hydroxyl groups is 1. The van der Waals surface area contributed by atoms with Gasteiger partial charge in [0.1, 0.15) is 0 Å². The molecule has 82 valence electrons. The number of rotatable bonds is 4. The first-order chi connectivity index (χ1) is 7.10. The number of hydrogen-bond acceptors (Lipinski definition) is 4.